The smallest absolute Gasteiger partial charge is 0.288 e. The highest BCUT2D eigenvalue weighted by Crippen LogP contribution is 2.33. The SMILES string of the molecule is O=[N+]([O-])c1cnc(NC2CCCC2CCO)c(Br)c1. The molecule has 2 rings (SSSR count). The molecule has 2 unspecified atom stereocenters. The molecule has 0 bridgehead atoms. The van der Waals surface area contributed by atoms with Gasteiger partial charge in [-0.1, -0.05) is 6.42 Å². The van der Waals surface area contributed by atoms with Gasteiger partial charge in [0.2, 0.25) is 0 Å². The van der Waals surface area contributed by atoms with Gasteiger partial charge in [0.05, 0.1) is 9.40 Å². The number of anilines is 1. The Hall–Kier alpha value is -1.21. The average Bonchev–Trinajstić information content (AvgIpc) is 2.79. The number of nitro groups is 1. The van der Waals surface area contributed by atoms with Crippen LogP contribution in [0, 0.1) is 16.0 Å². The van der Waals surface area contributed by atoms with E-state index in [1.54, 1.807) is 0 Å². The van der Waals surface area contributed by atoms with Crippen LogP contribution in [-0.2, 0) is 0 Å². The molecule has 2 atom stereocenters. The van der Waals surface area contributed by atoms with Crippen molar-refractivity contribution in [2.45, 2.75) is 31.7 Å². The van der Waals surface area contributed by atoms with Crippen LogP contribution in [0.25, 0.3) is 0 Å². The van der Waals surface area contributed by atoms with Crippen LogP contribution in [0.3, 0.4) is 0 Å². The van der Waals surface area contributed by atoms with Gasteiger partial charge in [-0.05, 0) is 41.1 Å². The number of hydrogen-bond acceptors (Lipinski definition) is 5. The molecule has 0 amide bonds. The van der Waals surface area contributed by atoms with Gasteiger partial charge in [-0.3, -0.25) is 10.1 Å². The minimum absolute atomic E-state index is 0.0317. The maximum Gasteiger partial charge on any atom is 0.288 e. The fourth-order valence-electron chi connectivity index (χ4n) is 2.55. The van der Waals surface area contributed by atoms with Gasteiger partial charge in [-0.15, -0.1) is 0 Å². The van der Waals surface area contributed by atoms with Crippen molar-refractivity contribution in [3.8, 4) is 0 Å². The zero-order chi connectivity index (χ0) is 13.8. The quantitative estimate of drug-likeness (QED) is 0.640. The van der Waals surface area contributed by atoms with Crippen LogP contribution >= 0.6 is 15.9 Å². The number of aliphatic hydroxyl groups is 1. The maximum absolute atomic E-state index is 10.6. The van der Waals surface area contributed by atoms with E-state index in [4.69, 9.17) is 5.11 Å². The van der Waals surface area contributed by atoms with Crippen LogP contribution in [0.4, 0.5) is 11.5 Å². The molecule has 0 saturated heterocycles. The first-order chi connectivity index (χ1) is 9.11. The zero-order valence-corrected chi connectivity index (χ0v) is 12.0. The average molecular weight is 330 g/mol. The molecule has 1 aromatic rings. The molecule has 1 aliphatic carbocycles. The second-order valence-corrected chi connectivity index (χ2v) is 5.59. The summed E-state index contributed by atoms with van der Waals surface area (Å²) in [7, 11) is 0. The number of aliphatic hydroxyl groups excluding tert-OH is 1. The molecule has 0 aromatic carbocycles. The van der Waals surface area contributed by atoms with Crippen molar-refractivity contribution in [2.75, 3.05) is 11.9 Å². The Bertz CT molecular complexity index is 470. The van der Waals surface area contributed by atoms with E-state index in [1.165, 1.54) is 12.3 Å². The Morgan fingerprint density at radius 3 is 3.00 bits per heavy atom. The zero-order valence-electron chi connectivity index (χ0n) is 10.4. The van der Waals surface area contributed by atoms with E-state index in [1.807, 2.05) is 0 Å². The molecular formula is C12H16BrN3O3. The highest BCUT2D eigenvalue weighted by Gasteiger charge is 2.27. The van der Waals surface area contributed by atoms with E-state index < -0.39 is 4.92 Å². The van der Waals surface area contributed by atoms with Gasteiger partial charge in [0.25, 0.3) is 5.69 Å². The number of hydrogen-bond donors (Lipinski definition) is 2. The molecule has 1 heterocycles. The van der Waals surface area contributed by atoms with E-state index in [-0.39, 0.29) is 18.3 Å². The molecule has 0 radical (unpaired) electrons. The fraction of sp³-hybridized carbons (Fsp3) is 0.583. The van der Waals surface area contributed by atoms with Crippen LogP contribution in [0.15, 0.2) is 16.7 Å². The largest absolute Gasteiger partial charge is 0.396 e. The molecule has 0 spiro atoms. The third kappa shape index (κ3) is 3.42. The summed E-state index contributed by atoms with van der Waals surface area (Å²) in [4.78, 5) is 14.3. The highest BCUT2D eigenvalue weighted by atomic mass is 79.9. The number of aromatic nitrogens is 1. The Morgan fingerprint density at radius 1 is 1.58 bits per heavy atom. The second-order valence-electron chi connectivity index (χ2n) is 4.74. The minimum atomic E-state index is -0.467. The number of halogens is 1. The van der Waals surface area contributed by atoms with Gasteiger partial charge in [0.1, 0.15) is 12.0 Å². The van der Waals surface area contributed by atoms with Crippen molar-refractivity contribution in [3.05, 3.63) is 26.9 Å². The first-order valence-corrected chi connectivity index (χ1v) is 7.08. The maximum atomic E-state index is 10.6. The molecule has 1 fully saturated rings. The van der Waals surface area contributed by atoms with Gasteiger partial charge in [0, 0.05) is 18.7 Å². The summed E-state index contributed by atoms with van der Waals surface area (Å²) in [5.74, 6) is 1.06. The molecular weight excluding hydrogens is 314 g/mol. The number of pyridine rings is 1. The molecule has 2 N–H and O–H groups in total. The molecule has 19 heavy (non-hydrogen) atoms. The lowest BCUT2D eigenvalue weighted by atomic mass is 10.00. The van der Waals surface area contributed by atoms with Crippen LogP contribution in [0.2, 0.25) is 0 Å². The lowest BCUT2D eigenvalue weighted by molar-refractivity contribution is -0.385. The lowest BCUT2D eigenvalue weighted by Gasteiger charge is -2.21. The molecule has 0 aliphatic heterocycles. The Balaban J connectivity index is 2.08. The van der Waals surface area contributed by atoms with E-state index in [0.29, 0.717) is 16.2 Å². The van der Waals surface area contributed by atoms with Crippen molar-refractivity contribution in [1.82, 2.24) is 4.98 Å². The number of nitrogens with one attached hydrogen (secondary N) is 1. The normalized spacial score (nSPS) is 22.4. The number of nitrogens with zero attached hydrogens (tertiary/aromatic N) is 2. The Morgan fingerprint density at radius 2 is 2.37 bits per heavy atom. The standard InChI is InChI=1S/C12H16BrN3O3/c13-10-6-9(16(18)19)7-14-12(10)15-11-3-1-2-8(11)4-5-17/h6-8,11,17H,1-5H2,(H,14,15). The van der Waals surface area contributed by atoms with Gasteiger partial charge >= 0.3 is 0 Å². The van der Waals surface area contributed by atoms with Crippen molar-refractivity contribution in [1.29, 1.82) is 0 Å². The van der Waals surface area contributed by atoms with Crippen molar-refractivity contribution in [3.63, 3.8) is 0 Å². The predicted molar refractivity (Wildman–Crippen MR) is 75.0 cm³/mol. The lowest BCUT2D eigenvalue weighted by Crippen LogP contribution is -2.25. The summed E-state index contributed by atoms with van der Waals surface area (Å²) >= 11 is 3.30. The molecule has 1 saturated carbocycles. The second kappa shape index (κ2) is 6.29. The van der Waals surface area contributed by atoms with Gasteiger partial charge in [-0.2, -0.15) is 0 Å². The molecule has 1 aliphatic rings. The third-order valence-corrected chi connectivity index (χ3v) is 4.12. The topological polar surface area (TPSA) is 88.3 Å². The summed E-state index contributed by atoms with van der Waals surface area (Å²) in [6.45, 7) is 0.192. The van der Waals surface area contributed by atoms with Crippen LogP contribution in [0.5, 0.6) is 0 Å². The van der Waals surface area contributed by atoms with Crippen LogP contribution in [-0.4, -0.2) is 27.7 Å². The summed E-state index contributed by atoms with van der Waals surface area (Å²) in [6, 6.07) is 1.73. The van der Waals surface area contributed by atoms with E-state index in [9.17, 15) is 10.1 Å². The highest BCUT2D eigenvalue weighted by molar-refractivity contribution is 9.10. The summed E-state index contributed by atoms with van der Waals surface area (Å²) in [6.07, 6.45) is 5.30. The van der Waals surface area contributed by atoms with Crippen LogP contribution < -0.4 is 5.32 Å². The molecule has 7 heteroatoms. The van der Waals surface area contributed by atoms with Crippen molar-refractivity contribution >= 4 is 27.4 Å². The van der Waals surface area contributed by atoms with Crippen molar-refractivity contribution < 1.29 is 10.0 Å². The Labute approximate surface area is 119 Å². The number of rotatable bonds is 5. The molecule has 104 valence electrons. The van der Waals surface area contributed by atoms with Gasteiger partial charge in [0.15, 0.2) is 0 Å². The van der Waals surface area contributed by atoms with Gasteiger partial charge in [-0.25, -0.2) is 4.98 Å². The molecule has 1 aromatic heterocycles. The first-order valence-electron chi connectivity index (χ1n) is 6.29. The first kappa shape index (κ1) is 14.2. The van der Waals surface area contributed by atoms with E-state index in [0.717, 1.165) is 25.7 Å². The van der Waals surface area contributed by atoms with Crippen LogP contribution in [0.1, 0.15) is 25.7 Å². The summed E-state index contributed by atoms with van der Waals surface area (Å²) in [5.41, 5.74) is -0.0317. The van der Waals surface area contributed by atoms with Gasteiger partial charge < -0.3 is 10.4 Å². The fourth-order valence-corrected chi connectivity index (χ4v) is 3.00. The summed E-state index contributed by atoms with van der Waals surface area (Å²) < 4.78 is 0.594. The van der Waals surface area contributed by atoms with E-state index in [2.05, 4.69) is 26.2 Å². The minimum Gasteiger partial charge on any atom is -0.396 e. The monoisotopic (exact) mass is 329 g/mol. The van der Waals surface area contributed by atoms with Crippen molar-refractivity contribution in [2.24, 2.45) is 5.92 Å². The van der Waals surface area contributed by atoms with E-state index >= 15 is 0 Å². The third-order valence-electron chi connectivity index (χ3n) is 3.52. The Kier molecular flexibility index (Phi) is 4.71. The summed E-state index contributed by atoms with van der Waals surface area (Å²) in [5, 5.41) is 23.0. The molecule has 6 nitrogen and oxygen atoms in total. The predicted octanol–water partition coefficient (Wildman–Crippen LogP) is 2.72.